The van der Waals surface area contributed by atoms with Crippen molar-refractivity contribution in [1.29, 1.82) is 0 Å². The van der Waals surface area contributed by atoms with E-state index < -0.39 is 10.0 Å². The molecule has 3 aromatic rings. The van der Waals surface area contributed by atoms with Crippen LogP contribution < -0.4 is 10.0 Å². The van der Waals surface area contributed by atoms with Crippen LogP contribution in [0.15, 0.2) is 65.8 Å². The third-order valence-corrected chi connectivity index (χ3v) is 6.09. The summed E-state index contributed by atoms with van der Waals surface area (Å²) in [4.78, 5) is 16.6. The SMILES string of the molecule is CNS(=O)(=O)c1ccc(CCC(=O)Nc2ccc(Cn3ccnc3C)cc2)cc1. The molecule has 0 fully saturated rings. The van der Waals surface area contributed by atoms with Gasteiger partial charge in [0.1, 0.15) is 5.82 Å². The molecule has 152 valence electrons. The molecule has 1 aromatic heterocycles. The van der Waals surface area contributed by atoms with Crippen LogP contribution in [0.4, 0.5) is 5.69 Å². The zero-order valence-electron chi connectivity index (χ0n) is 16.4. The van der Waals surface area contributed by atoms with Gasteiger partial charge < -0.3 is 9.88 Å². The van der Waals surface area contributed by atoms with Crippen molar-refractivity contribution < 1.29 is 13.2 Å². The van der Waals surface area contributed by atoms with Crippen molar-refractivity contribution in [1.82, 2.24) is 14.3 Å². The first-order valence-electron chi connectivity index (χ1n) is 9.26. The van der Waals surface area contributed by atoms with Crippen molar-refractivity contribution in [2.24, 2.45) is 0 Å². The van der Waals surface area contributed by atoms with Gasteiger partial charge in [-0.15, -0.1) is 0 Å². The highest BCUT2D eigenvalue weighted by molar-refractivity contribution is 7.89. The number of amides is 1. The molecule has 0 aliphatic heterocycles. The molecule has 1 amide bonds. The molecule has 0 saturated carbocycles. The number of hydrogen-bond acceptors (Lipinski definition) is 4. The number of sulfonamides is 1. The Morgan fingerprint density at radius 1 is 1.03 bits per heavy atom. The van der Waals surface area contributed by atoms with Crippen LogP contribution in [0.2, 0.25) is 0 Å². The third-order valence-electron chi connectivity index (χ3n) is 4.66. The monoisotopic (exact) mass is 412 g/mol. The maximum Gasteiger partial charge on any atom is 0.240 e. The van der Waals surface area contributed by atoms with Gasteiger partial charge in [0.15, 0.2) is 0 Å². The van der Waals surface area contributed by atoms with Gasteiger partial charge in [-0.1, -0.05) is 24.3 Å². The lowest BCUT2D eigenvalue weighted by Gasteiger charge is -2.09. The summed E-state index contributed by atoms with van der Waals surface area (Å²) in [5, 5.41) is 2.89. The molecule has 29 heavy (non-hydrogen) atoms. The van der Waals surface area contributed by atoms with E-state index in [2.05, 4.69) is 19.6 Å². The van der Waals surface area contributed by atoms with Crippen molar-refractivity contribution in [3.05, 3.63) is 77.9 Å². The molecule has 0 aliphatic rings. The number of nitrogens with one attached hydrogen (secondary N) is 2. The van der Waals surface area contributed by atoms with Gasteiger partial charge in [0.2, 0.25) is 15.9 Å². The fraction of sp³-hybridized carbons (Fsp3) is 0.238. The van der Waals surface area contributed by atoms with Crippen molar-refractivity contribution in [2.45, 2.75) is 31.2 Å². The number of hydrogen-bond donors (Lipinski definition) is 2. The average Bonchev–Trinajstić information content (AvgIpc) is 3.12. The molecule has 0 aliphatic carbocycles. The van der Waals surface area contributed by atoms with E-state index in [-0.39, 0.29) is 10.8 Å². The lowest BCUT2D eigenvalue weighted by molar-refractivity contribution is -0.116. The summed E-state index contributed by atoms with van der Waals surface area (Å²) >= 11 is 0. The Kier molecular flexibility index (Phi) is 6.46. The van der Waals surface area contributed by atoms with E-state index in [4.69, 9.17) is 0 Å². The van der Waals surface area contributed by atoms with E-state index in [1.54, 1.807) is 30.5 Å². The molecule has 2 aromatic carbocycles. The first-order chi connectivity index (χ1) is 13.9. The van der Waals surface area contributed by atoms with Crippen LogP contribution in [0, 0.1) is 6.92 Å². The summed E-state index contributed by atoms with van der Waals surface area (Å²) < 4.78 is 27.8. The third kappa shape index (κ3) is 5.52. The van der Waals surface area contributed by atoms with Crippen molar-refractivity contribution in [2.75, 3.05) is 12.4 Å². The number of carbonyl (C=O) groups is 1. The zero-order chi connectivity index (χ0) is 20.9. The largest absolute Gasteiger partial charge is 0.331 e. The highest BCUT2D eigenvalue weighted by Crippen LogP contribution is 2.14. The Morgan fingerprint density at radius 3 is 2.28 bits per heavy atom. The second-order valence-corrected chi connectivity index (χ2v) is 8.59. The van der Waals surface area contributed by atoms with Gasteiger partial charge in [-0.2, -0.15) is 0 Å². The van der Waals surface area contributed by atoms with Crippen LogP contribution in [0.3, 0.4) is 0 Å². The number of rotatable bonds is 8. The number of carbonyl (C=O) groups excluding carboxylic acids is 1. The molecule has 0 unspecified atom stereocenters. The van der Waals surface area contributed by atoms with E-state index in [9.17, 15) is 13.2 Å². The minimum absolute atomic E-state index is 0.0878. The number of anilines is 1. The number of imidazole rings is 1. The topological polar surface area (TPSA) is 93.1 Å². The van der Waals surface area contributed by atoms with Crippen LogP contribution in [0.1, 0.15) is 23.4 Å². The molecule has 7 nitrogen and oxygen atoms in total. The lowest BCUT2D eigenvalue weighted by atomic mass is 10.1. The van der Waals surface area contributed by atoms with Gasteiger partial charge in [-0.05, 0) is 55.8 Å². The standard InChI is InChI=1S/C21H24N4O3S/c1-16-23-13-14-25(16)15-18-3-8-19(9-4-18)24-21(26)12-7-17-5-10-20(11-6-17)29(27,28)22-2/h3-6,8-11,13-14,22H,7,12,15H2,1-2H3,(H,24,26). The quantitative estimate of drug-likeness (QED) is 0.595. The molecule has 1 heterocycles. The highest BCUT2D eigenvalue weighted by atomic mass is 32.2. The van der Waals surface area contributed by atoms with Crippen LogP contribution >= 0.6 is 0 Å². The Hall–Kier alpha value is -2.97. The number of benzene rings is 2. The van der Waals surface area contributed by atoms with Gasteiger partial charge >= 0.3 is 0 Å². The van der Waals surface area contributed by atoms with Crippen LogP contribution in [-0.2, 0) is 27.8 Å². The molecule has 0 radical (unpaired) electrons. The minimum Gasteiger partial charge on any atom is -0.331 e. The summed E-state index contributed by atoms with van der Waals surface area (Å²) in [7, 11) is -2.07. The summed E-state index contributed by atoms with van der Waals surface area (Å²) in [5.74, 6) is 0.870. The first kappa shape index (κ1) is 20.8. The van der Waals surface area contributed by atoms with E-state index in [1.165, 1.54) is 7.05 Å². The molecule has 0 bridgehead atoms. The number of nitrogens with zero attached hydrogens (tertiary/aromatic N) is 2. The van der Waals surface area contributed by atoms with E-state index >= 15 is 0 Å². The molecule has 8 heteroatoms. The Labute approximate surface area is 170 Å². The summed E-state index contributed by atoms with van der Waals surface area (Å²) in [6, 6.07) is 14.3. The Bertz CT molecular complexity index is 1070. The van der Waals surface area contributed by atoms with Crippen molar-refractivity contribution in [3.8, 4) is 0 Å². The summed E-state index contributed by atoms with van der Waals surface area (Å²) in [6.07, 6.45) is 4.56. The molecule has 0 saturated heterocycles. The predicted octanol–water partition coefficient (Wildman–Crippen LogP) is 2.72. The maximum absolute atomic E-state index is 12.2. The number of aryl methyl sites for hydroxylation is 2. The highest BCUT2D eigenvalue weighted by Gasteiger charge is 2.11. The fourth-order valence-electron chi connectivity index (χ4n) is 2.90. The molecule has 2 N–H and O–H groups in total. The second kappa shape index (κ2) is 9.02. The van der Waals surface area contributed by atoms with Crippen LogP contribution in [-0.4, -0.2) is 30.9 Å². The second-order valence-electron chi connectivity index (χ2n) is 6.70. The first-order valence-corrected chi connectivity index (χ1v) is 10.7. The van der Waals surface area contributed by atoms with Crippen molar-refractivity contribution >= 4 is 21.6 Å². The summed E-state index contributed by atoms with van der Waals surface area (Å²) in [5.41, 5.74) is 2.78. The van der Waals surface area contributed by atoms with Crippen molar-refractivity contribution in [3.63, 3.8) is 0 Å². The Balaban J connectivity index is 1.51. The molecule has 0 atom stereocenters. The molecule has 3 rings (SSSR count). The van der Waals surface area contributed by atoms with E-state index in [1.807, 2.05) is 37.4 Å². The van der Waals surface area contributed by atoms with Gasteiger partial charge in [0.25, 0.3) is 0 Å². The molecule has 0 spiro atoms. The zero-order valence-corrected chi connectivity index (χ0v) is 17.2. The van der Waals surface area contributed by atoms with Gasteiger partial charge in [-0.25, -0.2) is 18.1 Å². The normalized spacial score (nSPS) is 11.4. The smallest absolute Gasteiger partial charge is 0.240 e. The van der Waals surface area contributed by atoms with E-state index in [0.717, 1.165) is 29.2 Å². The average molecular weight is 413 g/mol. The number of aromatic nitrogens is 2. The summed E-state index contributed by atoms with van der Waals surface area (Å²) in [6.45, 7) is 2.70. The minimum atomic E-state index is -3.44. The lowest BCUT2D eigenvalue weighted by Crippen LogP contribution is -2.18. The maximum atomic E-state index is 12.2. The van der Waals surface area contributed by atoms with Gasteiger partial charge in [0.05, 0.1) is 4.90 Å². The fourth-order valence-corrected chi connectivity index (χ4v) is 3.63. The van der Waals surface area contributed by atoms with Gasteiger partial charge in [0, 0.05) is 31.0 Å². The predicted molar refractivity (Wildman–Crippen MR) is 112 cm³/mol. The van der Waals surface area contributed by atoms with Crippen LogP contribution in [0.25, 0.3) is 0 Å². The van der Waals surface area contributed by atoms with E-state index in [0.29, 0.717) is 12.8 Å². The van der Waals surface area contributed by atoms with Gasteiger partial charge in [-0.3, -0.25) is 4.79 Å². The molecular formula is C21H24N4O3S. The Morgan fingerprint density at radius 2 is 1.69 bits per heavy atom. The molecular weight excluding hydrogens is 388 g/mol. The van der Waals surface area contributed by atoms with Crippen LogP contribution in [0.5, 0.6) is 0 Å².